The smallest absolute Gasteiger partial charge is 0.167 e. The van der Waals surface area contributed by atoms with Crippen LogP contribution in [0.4, 0.5) is 0 Å². The quantitative estimate of drug-likeness (QED) is 0.529. The maximum absolute atomic E-state index is 10.7. The van der Waals surface area contributed by atoms with Crippen molar-refractivity contribution in [1.29, 1.82) is 0 Å². The fourth-order valence-corrected chi connectivity index (χ4v) is 4.71. The Kier molecular flexibility index (Phi) is 7.18. The Bertz CT molecular complexity index is 882. The maximum atomic E-state index is 10.7. The molecule has 1 saturated carbocycles. The molecule has 3 nitrogen and oxygen atoms in total. The Balaban J connectivity index is 1.82. The van der Waals surface area contributed by atoms with Gasteiger partial charge in [0.25, 0.3) is 0 Å². The van der Waals surface area contributed by atoms with E-state index in [9.17, 15) is 10.2 Å². The molecule has 2 N–H and O–H groups in total. The largest absolute Gasteiger partial charge is 0.507 e. The Labute approximate surface area is 179 Å². The summed E-state index contributed by atoms with van der Waals surface area (Å²) in [7, 11) is 0. The van der Waals surface area contributed by atoms with Crippen LogP contribution in [0.3, 0.4) is 0 Å². The highest BCUT2D eigenvalue weighted by Gasteiger charge is 2.18. The van der Waals surface area contributed by atoms with E-state index in [0.29, 0.717) is 29.6 Å². The van der Waals surface area contributed by atoms with Crippen molar-refractivity contribution in [1.82, 2.24) is 0 Å². The van der Waals surface area contributed by atoms with Gasteiger partial charge in [-0.1, -0.05) is 43.9 Å². The van der Waals surface area contributed by atoms with Crippen LogP contribution in [0.2, 0.25) is 0 Å². The summed E-state index contributed by atoms with van der Waals surface area (Å²) in [4.78, 5) is 0. The van der Waals surface area contributed by atoms with Crippen LogP contribution in [0.25, 0.3) is 0 Å². The minimum atomic E-state index is 0.275. The van der Waals surface area contributed by atoms with Crippen LogP contribution in [0.5, 0.6) is 17.2 Å². The van der Waals surface area contributed by atoms with Crippen LogP contribution in [0.15, 0.2) is 24.3 Å². The predicted octanol–water partition coefficient (Wildman–Crippen LogP) is 6.54. The van der Waals surface area contributed by atoms with Gasteiger partial charge in [0, 0.05) is 18.4 Å². The van der Waals surface area contributed by atoms with Gasteiger partial charge in [-0.25, -0.2) is 0 Å². The molecular formula is C25H32O3S. The van der Waals surface area contributed by atoms with E-state index in [-0.39, 0.29) is 11.5 Å². The molecule has 1 aliphatic carbocycles. The number of benzene rings is 2. The number of rotatable bonds is 6. The number of hydrogen-bond acceptors (Lipinski definition) is 4. The van der Waals surface area contributed by atoms with Crippen molar-refractivity contribution in [3.8, 4) is 17.2 Å². The summed E-state index contributed by atoms with van der Waals surface area (Å²) in [5.41, 5.74) is 4.33. The minimum absolute atomic E-state index is 0.275. The van der Waals surface area contributed by atoms with Crippen LogP contribution in [0.1, 0.15) is 73.3 Å². The molecule has 0 saturated heterocycles. The first-order valence-electron chi connectivity index (χ1n) is 10.7. The van der Waals surface area contributed by atoms with Gasteiger partial charge >= 0.3 is 0 Å². The fourth-order valence-electron chi connectivity index (χ4n) is 4.38. The number of phenolic OH excluding ortho intramolecular Hbond substituents is 2. The van der Waals surface area contributed by atoms with Gasteiger partial charge in [-0.05, 0) is 80.1 Å². The van der Waals surface area contributed by atoms with Gasteiger partial charge in [-0.15, -0.1) is 0 Å². The summed E-state index contributed by atoms with van der Waals surface area (Å²) < 4.78 is 6.03. The summed E-state index contributed by atoms with van der Waals surface area (Å²) in [5.74, 6) is 1.87. The van der Waals surface area contributed by atoms with E-state index < -0.39 is 0 Å². The number of ether oxygens (including phenoxy) is 1. The van der Waals surface area contributed by atoms with Crippen molar-refractivity contribution < 1.29 is 14.9 Å². The van der Waals surface area contributed by atoms with E-state index in [1.165, 1.54) is 32.1 Å². The molecule has 0 heterocycles. The maximum Gasteiger partial charge on any atom is 0.167 e. The third-order valence-electron chi connectivity index (χ3n) is 5.94. The molecule has 4 heteroatoms. The van der Waals surface area contributed by atoms with E-state index >= 15 is 0 Å². The fraction of sp³-hybridized carbons (Fsp3) is 0.480. The molecule has 1 aliphatic rings. The van der Waals surface area contributed by atoms with Crippen LogP contribution < -0.4 is 4.74 Å². The van der Waals surface area contributed by atoms with Crippen molar-refractivity contribution in [3.05, 3.63) is 52.1 Å². The van der Waals surface area contributed by atoms with Crippen LogP contribution >= 0.6 is 12.2 Å². The molecule has 2 aromatic carbocycles. The minimum Gasteiger partial charge on any atom is -0.507 e. The Morgan fingerprint density at radius 1 is 0.966 bits per heavy atom. The second kappa shape index (κ2) is 9.62. The number of aromatic hydroxyl groups is 2. The SMILES string of the molecule is CCc1cc(OC(=S)CC2CCCCC2)cc(Cc2cc(C)cc(C)c2O)c1O. The third kappa shape index (κ3) is 5.51. The standard InChI is InChI=1S/C25H32O3S/c1-4-19-14-22(28-23(29)12-18-8-6-5-7-9-18)15-21(25(19)27)13-20-11-16(2)10-17(3)24(20)26/h10-11,14-15,18,26-27H,4-9,12-13H2,1-3H3. The Hall–Kier alpha value is -2.07. The molecule has 156 valence electrons. The van der Waals surface area contributed by atoms with E-state index in [2.05, 4.69) is 0 Å². The molecule has 0 bridgehead atoms. The van der Waals surface area contributed by atoms with E-state index in [1.54, 1.807) is 0 Å². The number of aryl methyl sites for hydroxylation is 3. The first-order valence-corrected chi connectivity index (χ1v) is 11.1. The monoisotopic (exact) mass is 412 g/mol. The first kappa shape index (κ1) is 21.6. The van der Waals surface area contributed by atoms with Crippen molar-refractivity contribution in [2.24, 2.45) is 5.92 Å². The molecule has 0 amide bonds. The second-order valence-electron chi connectivity index (χ2n) is 8.39. The molecule has 1 fully saturated rings. The first-order chi connectivity index (χ1) is 13.9. The van der Waals surface area contributed by atoms with E-state index in [1.807, 2.05) is 45.0 Å². The molecule has 0 atom stereocenters. The molecule has 0 spiro atoms. The average Bonchev–Trinajstić information content (AvgIpc) is 2.68. The lowest BCUT2D eigenvalue weighted by Gasteiger charge is -2.22. The van der Waals surface area contributed by atoms with Crippen molar-refractivity contribution in [2.75, 3.05) is 0 Å². The zero-order valence-electron chi connectivity index (χ0n) is 17.8. The number of hydrogen-bond donors (Lipinski definition) is 2. The summed E-state index contributed by atoms with van der Waals surface area (Å²) in [6.45, 7) is 5.92. The summed E-state index contributed by atoms with van der Waals surface area (Å²) in [6.07, 6.45) is 8.34. The highest BCUT2D eigenvalue weighted by molar-refractivity contribution is 7.80. The van der Waals surface area contributed by atoms with Crippen LogP contribution in [-0.4, -0.2) is 15.3 Å². The molecule has 0 aromatic heterocycles. The topological polar surface area (TPSA) is 49.7 Å². The lowest BCUT2D eigenvalue weighted by molar-refractivity contribution is 0.356. The molecule has 3 rings (SSSR count). The molecular weight excluding hydrogens is 380 g/mol. The van der Waals surface area contributed by atoms with Crippen molar-refractivity contribution in [3.63, 3.8) is 0 Å². The zero-order valence-corrected chi connectivity index (χ0v) is 18.6. The highest BCUT2D eigenvalue weighted by atomic mass is 32.1. The van der Waals surface area contributed by atoms with Gasteiger partial charge in [-0.3, -0.25) is 0 Å². The molecule has 29 heavy (non-hydrogen) atoms. The number of phenols is 2. The van der Waals surface area contributed by atoms with Gasteiger partial charge in [-0.2, -0.15) is 0 Å². The molecule has 2 aromatic rings. The van der Waals surface area contributed by atoms with E-state index in [0.717, 1.165) is 34.2 Å². The van der Waals surface area contributed by atoms with Gasteiger partial charge in [0.2, 0.25) is 0 Å². The third-order valence-corrected chi connectivity index (χ3v) is 6.19. The van der Waals surface area contributed by atoms with Gasteiger partial charge < -0.3 is 14.9 Å². The van der Waals surface area contributed by atoms with E-state index in [4.69, 9.17) is 17.0 Å². The predicted molar refractivity (Wildman–Crippen MR) is 122 cm³/mol. The normalized spacial score (nSPS) is 14.7. The Morgan fingerprint density at radius 2 is 1.62 bits per heavy atom. The molecule has 0 radical (unpaired) electrons. The molecule has 0 aliphatic heterocycles. The van der Waals surface area contributed by atoms with Crippen molar-refractivity contribution >= 4 is 17.3 Å². The highest BCUT2D eigenvalue weighted by Crippen LogP contribution is 2.34. The van der Waals surface area contributed by atoms with Crippen LogP contribution in [0, 0.1) is 19.8 Å². The second-order valence-corrected chi connectivity index (χ2v) is 8.85. The average molecular weight is 413 g/mol. The van der Waals surface area contributed by atoms with Gasteiger partial charge in [0.05, 0.1) is 0 Å². The van der Waals surface area contributed by atoms with Gasteiger partial charge in [0.1, 0.15) is 17.2 Å². The lowest BCUT2D eigenvalue weighted by Crippen LogP contribution is -2.15. The van der Waals surface area contributed by atoms with Crippen LogP contribution in [-0.2, 0) is 12.8 Å². The molecule has 0 unspecified atom stereocenters. The zero-order chi connectivity index (χ0) is 21.0. The van der Waals surface area contributed by atoms with Gasteiger partial charge in [0.15, 0.2) is 5.05 Å². The number of thiocarbonyl (C=S) groups is 1. The Morgan fingerprint density at radius 3 is 2.31 bits per heavy atom. The summed E-state index contributed by atoms with van der Waals surface area (Å²) in [6, 6.07) is 7.67. The summed E-state index contributed by atoms with van der Waals surface area (Å²) >= 11 is 5.53. The lowest BCUT2D eigenvalue weighted by atomic mass is 9.87. The summed E-state index contributed by atoms with van der Waals surface area (Å²) in [5, 5.41) is 21.8. The van der Waals surface area contributed by atoms with Crippen molar-refractivity contribution in [2.45, 2.75) is 72.1 Å².